The molecule has 0 spiro atoms. The number of Topliss-reactive ketones (excluding diaryl/α,β-unsaturated/α-hetero) is 1. The van der Waals surface area contributed by atoms with E-state index in [9.17, 15) is 14.4 Å². The minimum absolute atomic E-state index is 0.0237. The Morgan fingerprint density at radius 1 is 0.789 bits per heavy atom. The van der Waals surface area contributed by atoms with Crippen molar-refractivity contribution in [2.45, 2.75) is 61.0 Å². The summed E-state index contributed by atoms with van der Waals surface area (Å²) < 4.78 is 5.41. The van der Waals surface area contributed by atoms with Gasteiger partial charge >= 0.3 is 6.09 Å². The molecular weight excluding hydrogens is 480 g/mol. The van der Waals surface area contributed by atoms with Gasteiger partial charge in [-0.3, -0.25) is 9.59 Å². The van der Waals surface area contributed by atoms with Crippen LogP contribution in [0.1, 0.15) is 59.1 Å². The summed E-state index contributed by atoms with van der Waals surface area (Å²) in [6.07, 6.45) is 0.629. The van der Waals surface area contributed by atoms with Gasteiger partial charge in [0.05, 0.1) is 11.4 Å². The minimum atomic E-state index is -0.463. The summed E-state index contributed by atoms with van der Waals surface area (Å²) >= 11 is 0. The topological polar surface area (TPSA) is 91.6 Å². The molecule has 0 saturated carbocycles. The van der Waals surface area contributed by atoms with E-state index in [0.29, 0.717) is 31.6 Å². The Hall–Kier alpha value is -3.55. The molecule has 0 radical (unpaired) electrons. The summed E-state index contributed by atoms with van der Waals surface area (Å²) in [4.78, 5) is 40.0. The Morgan fingerprint density at radius 2 is 1.39 bits per heavy atom. The Balaban J connectivity index is 1.88. The van der Waals surface area contributed by atoms with E-state index in [4.69, 9.17) is 4.74 Å². The van der Waals surface area contributed by atoms with Gasteiger partial charge in [0, 0.05) is 44.4 Å². The predicted octanol–water partition coefficient (Wildman–Crippen LogP) is 6.72. The highest BCUT2D eigenvalue weighted by Crippen LogP contribution is 2.26. The van der Waals surface area contributed by atoms with Crippen LogP contribution >= 0.6 is 0 Å². The Labute approximate surface area is 227 Å². The van der Waals surface area contributed by atoms with Crippen LogP contribution < -0.4 is 0 Å². The molecule has 38 heavy (non-hydrogen) atoms. The van der Waals surface area contributed by atoms with Crippen LogP contribution in [0.5, 0.6) is 0 Å². The molecule has 2 aromatic rings. The van der Waals surface area contributed by atoms with E-state index in [-0.39, 0.29) is 23.7 Å². The highest BCUT2D eigenvalue weighted by atomic mass is 16.6. The number of hydrogen-bond acceptors (Lipinski definition) is 6. The number of benzene rings is 2. The van der Waals surface area contributed by atoms with Crippen molar-refractivity contribution >= 4 is 29.2 Å². The molecule has 2 rings (SSSR count). The summed E-state index contributed by atoms with van der Waals surface area (Å²) in [6.45, 7) is 12.3. The number of likely N-dealkylation sites (N-methyl/N-ethyl adjacent to an activating group) is 2. The minimum Gasteiger partial charge on any atom is -0.445 e. The maximum Gasteiger partial charge on any atom is 0.409 e. The van der Waals surface area contributed by atoms with Gasteiger partial charge in [-0.15, -0.1) is 0 Å². The lowest BCUT2D eigenvalue weighted by Crippen LogP contribution is -2.41. The fraction of sp³-hybridized carbons (Fsp3) is 0.500. The van der Waals surface area contributed by atoms with Crippen molar-refractivity contribution in [2.24, 2.45) is 21.1 Å². The van der Waals surface area contributed by atoms with Gasteiger partial charge in [-0.2, -0.15) is 10.2 Å². The van der Waals surface area contributed by atoms with Crippen LogP contribution in [0.2, 0.25) is 0 Å². The van der Waals surface area contributed by atoms with E-state index in [0.717, 1.165) is 16.8 Å². The predicted molar refractivity (Wildman–Crippen MR) is 150 cm³/mol. The number of ketones is 1. The van der Waals surface area contributed by atoms with Gasteiger partial charge < -0.3 is 14.5 Å². The number of rotatable bonds is 10. The van der Waals surface area contributed by atoms with E-state index in [1.165, 1.54) is 4.90 Å². The normalized spacial score (nSPS) is 11.9. The van der Waals surface area contributed by atoms with E-state index in [1.807, 2.05) is 90.1 Å². The fourth-order valence-corrected chi connectivity index (χ4v) is 3.53. The molecule has 2 aromatic carbocycles. The van der Waals surface area contributed by atoms with Crippen LogP contribution in [0.3, 0.4) is 0 Å². The SMILES string of the molecule is CN(CCN(C)C(=O)C(C)(C)C)C(=O)OCc1ccc(/N=N/c2ccccc2CCC(=O)C(C)(C)C)cc1. The first-order valence-electron chi connectivity index (χ1n) is 12.9. The van der Waals surface area contributed by atoms with Gasteiger partial charge in [0.2, 0.25) is 5.91 Å². The maximum atomic E-state index is 12.3. The highest BCUT2D eigenvalue weighted by Gasteiger charge is 2.25. The lowest BCUT2D eigenvalue weighted by Gasteiger charge is -2.27. The zero-order valence-corrected chi connectivity index (χ0v) is 24.1. The summed E-state index contributed by atoms with van der Waals surface area (Å²) in [5.74, 6) is 0.241. The average Bonchev–Trinajstić information content (AvgIpc) is 2.86. The van der Waals surface area contributed by atoms with Crippen LogP contribution in [0.25, 0.3) is 0 Å². The summed E-state index contributed by atoms with van der Waals surface area (Å²) in [5.41, 5.74) is 2.40. The zero-order chi connectivity index (χ0) is 28.5. The van der Waals surface area contributed by atoms with Gasteiger partial charge in [-0.25, -0.2) is 4.79 Å². The molecule has 0 N–H and O–H groups in total. The van der Waals surface area contributed by atoms with Gasteiger partial charge in [0.1, 0.15) is 12.4 Å². The number of azo groups is 1. The van der Waals surface area contributed by atoms with Crippen LogP contribution in [-0.4, -0.2) is 54.8 Å². The molecule has 0 aliphatic heterocycles. The molecule has 0 aliphatic carbocycles. The third-order valence-electron chi connectivity index (χ3n) is 6.09. The van der Waals surface area contributed by atoms with E-state index in [1.54, 1.807) is 19.0 Å². The number of aryl methyl sites for hydroxylation is 1. The summed E-state index contributed by atoms with van der Waals surface area (Å²) in [5, 5.41) is 8.74. The molecule has 8 heteroatoms. The lowest BCUT2D eigenvalue weighted by atomic mass is 9.87. The van der Waals surface area contributed by atoms with Gasteiger partial charge in [0.25, 0.3) is 0 Å². The maximum absolute atomic E-state index is 12.3. The molecule has 0 unspecified atom stereocenters. The molecule has 0 heterocycles. The number of carbonyl (C=O) groups excluding carboxylic acids is 3. The standard InChI is InChI=1S/C30H42N4O4/c1-29(2,3)26(35)18-15-23-11-9-10-12-25(23)32-31-24-16-13-22(14-17-24)21-38-28(37)34(8)20-19-33(7)27(36)30(4,5)6/h9-14,16-17H,15,18-21H2,1-8H3/b32-31+. The first-order chi connectivity index (χ1) is 17.7. The van der Waals surface area contributed by atoms with Gasteiger partial charge in [-0.05, 0) is 35.7 Å². The van der Waals surface area contributed by atoms with E-state index < -0.39 is 11.5 Å². The number of nitrogens with zero attached hydrogens (tertiary/aromatic N) is 4. The lowest BCUT2D eigenvalue weighted by molar-refractivity contribution is -0.138. The monoisotopic (exact) mass is 522 g/mol. The van der Waals surface area contributed by atoms with Crippen molar-refractivity contribution in [1.82, 2.24) is 9.80 Å². The van der Waals surface area contributed by atoms with Gasteiger partial charge in [-0.1, -0.05) is 71.9 Å². The Morgan fingerprint density at radius 3 is 2.00 bits per heavy atom. The molecule has 0 aliphatic rings. The number of hydrogen-bond donors (Lipinski definition) is 0. The molecule has 206 valence electrons. The molecule has 2 amide bonds. The second-order valence-electron chi connectivity index (χ2n) is 11.6. The zero-order valence-electron chi connectivity index (χ0n) is 24.1. The fourth-order valence-electron chi connectivity index (χ4n) is 3.53. The van der Waals surface area contributed by atoms with E-state index >= 15 is 0 Å². The molecule has 0 saturated heterocycles. The highest BCUT2D eigenvalue weighted by molar-refractivity contribution is 5.84. The summed E-state index contributed by atoms with van der Waals surface area (Å²) in [7, 11) is 3.39. The average molecular weight is 523 g/mol. The van der Waals surface area contributed by atoms with E-state index in [2.05, 4.69) is 10.2 Å². The van der Waals surface area contributed by atoms with Crippen molar-refractivity contribution in [2.75, 3.05) is 27.2 Å². The van der Waals surface area contributed by atoms with Crippen molar-refractivity contribution in [3.63, 3.8) is 0 Å². The first-order valence-corrected chi connectivity index (χ1v) is 12.9. The molecular formula is C30H42N4O4. The molecule has 0 aromatic heterocycles. The van der Waals surface area contributed by atoms with Crippen LogP contribution in [0, 0.1) is 10.8 Å². The third kappa shape index (κ3) is 9.72. The second kappa shape index (κ2) is 13.3. The van der Waals surface area contributed by atoms with Crippen molar-refractivity contribution in [3.8, 4) is 0 Å². The second-order valence-corrected chi connectivity index (χ2v) is 11.6. The summed E-state index contributed by atoms with van der Waals surface area (Å²) in [6, 6.07) is 15.0. The first kappa shape index (κ1) is 30.7. The largest absolute Gasteiger partial charge is 0.445 e. The van der Waals surface area contributed by atoms with Gasteiger partial charge in [0.15, 0.2) is 0 Å². The quantitative estimate of drug-likeness (QED) is 0.324. The molecule has 0 bridgehead atoms. The number of ether oxygens (including phenoxy) is 1. The molecule has 0 fully saturated rings. The molecule has 8 nitrogen and oxygen atoms in total. The third-order valence-corrected chi connectivity index (χ3v) is 6.09. The Kier molecular flexibility index (Phi) is 10.7. The number of amides is 2. The van der Waals surface area contributed by atoms with Crippen LogP contribution in [0.15, 0.2) is 58.8 Å². The van der Waals surface area contributed by atoms with Crippen molar-refractivity contribution in [3.05, 3.63) is 59.7 Å². The number of carbonyl (C=O) groups is 3. The van der Waals surface area contributed by atoms with Crippen LogP contribution in [0.4, 0.5) is 16.2 Å². The van der Waals surface area contributed by atoms with Crippen molar-refractivity contribution in [1.29, 1.82) is 0 Å². The van der Waals surface area contributed by atoms with Crippen LogP contribution in [-0.2, 0) is 27.4 Å². The smallest absolute Gasteiger partial charge is 0.409 e. The Bertz CT molecular complexity index is 1130. The molecule has 0 atom stereocenters. The van der Waals surface area contributed by atoms with Crippen molar-refractivity contribution < 1.29 is 19.1 Å².